The standard InChI is InChI=1S/C11H12N4O2S/c1-7-6-18-9(14-7)3-4-12-10-8(11(16)17)2-5-13-15-10/h2,5-6H,3-4H2,1H3,(H,12,15)(H,16,17). The van der Waals surface area contributed by atoms with Crippen LogP contribution in [-0.4, -0.2) is 32.8 Å². The number of thiazole rings is 1. The van der Waals surface area contributed by atoms with Gasteiger partial charge >= 0.3 is 5.97 Å². The lowest BCUT2D eigenvalue weighted by molar-refractivity contribution is 0.0697. The molecule has 0 spiro atoms. The van der Waals surface area contributed by atoms with Crippen LogP contribution in [0.4, 0.5) is 5.82 Å². The van der Waals surface area contributed by atoms with Crippen molar-refractivity contribution in [1.82, 2.24) is 15.2 Å². The molecule has 0 fully saturated rings. The lowest BCUT2D eigenvalue weighted by atomic mass is 10.3. The van der Waals surface area contributed by atoms with E-state index in [4.69, 9.17) is 5.11 Å². The third-order valence-electron chi connectivity index (χ3n) is 2.25. The Bertz CT molecular complexity index is 555. The molecule has 0 radical (unpaired) electrons. The van der Waals surface area contributed by atoms with Crippen LogP contribution in [0, 0.1) is 6.92 Å². The van der Waals surface area contributed by atoms with Gasteiger partial charge in [0.1, 0.15) is 5.56 Å². The molecule has 0 aliphatic rings. The molecule has 2 aromatic rings. The summed E-state index contributed by atoms with van der Waals surface area (Å²) in [6.45, 7) is 2.52. The first-order chi connectivity index (χ1) is 8.66. The summed E-state index contributed by atoms with van der Waals surface area (Å²) in [5.41, 5.74) is 1.13. The molecule has 94 valence electrons. The maximum atomic E-state index is 10.9. The second-order valence-electron chi connectivity index (χ2n) is 3.66. The smallest absolute Gasteiger partial charge is 0.339 e. The number of nitrogens with zero attached hydrogens (tertiary/aromatic N) is 3. The van der Waals surface area contributed by atoms with E-state index in [1.54, 1.807) is 11.3 Å². The number of hydrogen-bond acceptors (Lipinski definition) is 6. The van der Waals surface area contributed by atoms with Gasteiger partial charge in [-0.1, -0.05) is 0 Å². The van der Waals surface area contributed by atoms with Crippen molar-refractivity contribution in [3.63, 3.8) is 0 Å². The minimum atomic E-state index is -1.02. The SMILES string of the molecule is Cc1csc(CCNc2nnccc2C(=O)O)n1. The summed E-state index contributed by atoms with van der Waals surface area (Å²) in [4.78, 5) is 15.3. The van der Waals surface area contributed by atoms with Gasteiger partial charge in [-0.05, 0) is 13.0 Å². The Morgan fingerprint density at radius 1 is 1.56 bits per heavy atom. The third kappa shape index (κ3) is 3.01. The number of carboxylic acids is 1. The zero-order chi connectivity index (χ0) is 13.0. The van der Waals surface area contributed by atoms with E-state index in [1.807, 2.05) is 12.3 Å². The first-order valence-corrected chi connectivity index (χ1v) is 6.24. The molecule has 2 N–H and O–H groups in total. The van der Waals surface area contributed by atoms with Gasteiger partial charge in [0.2, 0.25) is 0 Å². The average molecular weight is 264 g/mol. The van der Waals surface area contributed by atoms with Crippen molar-refractivity contribution in [2.75, 3.05) is 11.9 Å². The molecular formula is C11H12N4O2S. The van der Waals surface area contributed by atoms with E-state index in [9.17, 15) is 4.79 Å². The van der Waals surface area contributed by atoms with Gasteiger partial charge in [-0.25, -0.2) is 9.78 Å². The normalized spacial score (nSPS) is 10.3. The molecular weight excluding hydrogens is 252 g/mol. The van der Waals surface area contributed by atoms with E-state index in [1.165, 1.54) is 12.3 Å². The Hall–Kier alpha value is -2.02. The maximum Gasteiger partial charge on any atom is 0.339 e. The summed E-state index contributed by atoms with van der Waals surface area (Å²) in [7, 11) is 0. The van der Waals surface area contributed by atoms with Gasteiger partial charge in [0, 0.05) is 24.0 Å². The summed E-state index contributed by atoms with van der Waals surface area (Å²) in [6, 6.07) is 1.42. The van der Waals surface area contributed by atoms with Crippen molar-refractivity contribution in [3.8, 4) is 0 Å². The monoisotopic (exact) mass is 264 g/mol. The Balaban J connectivity index is 1.96. The fraction of sp³-hybridized carbons (Fsp3) is 0.273. The van der Waals surface area contributed by atoms with Gasteiger partial charge in [-0.15, -0.1) is 16.4 Å². The van der Waals surface area contributed by atoms with Crippen molar-refractivity contribution in [3.05, 3.63) is 33.9 Å². The number of aromatic nitrogens is 3. The number of rotatable bonds is 5. The number of anilines is 1. The number of aryl methyl sites for hydroxylation is 1. The lowest BCUT2D eigenvalue weighted by Crippen LogP contribution is -2.11. The Morgan fingerprint density at radius 2 is 2.39 bits per heavy atom. The van der Waals surface area contributed by atoms with Gasteiger partial charge < -0.3 is 10.4 Å². The largest absolute Gasteiger partial charge is 0.478 e. The molecule has 0 saturated heterocycles. The zero-order valence-corrected chi connectivity index (χ0v) is 10.6. The average Bonchev–Trinajstić information content (AvgIpc) is 2.75. The zero-order valence-electron chi connectivity index (χ0n) is 9.75. The maximum absolute atomic E-state index is 10.9. The van der Waals surface area contributed by atoms with E-state index in [0.29, 0.717) is 12.4 Å². The predicted molar refractivity (Wildman–Crippen MR) is 68.0 cm³/mol. The van der Waals surface area contributed by atoms with E-state index in [2.05, 4.69) is 20.5 Å². The molecule has 0 aliphatic heterocycles. The van der Waals surface area contributed by atoms with Crippen molar-refractivity contribution in [2.24, 2.45) is 0 Å². The molecule has 2 aromatic heterocycles. The number of aromatic carboxylic acids is 1. The third-order valence-corrected chi connectivity index (χ3v) is 3.28. The van der Waals surface area contributed by atoms with Gasteiger partial charge in [0.15, 0.2) is 5.82 Å². The fourth-order valence-electron chi connectivity index (χ4n) is 1.44. The summed E-state index contributed by atoms with van der Waals surface area (Å²) >= 11 is 1.59. The lowest BCUT2D eigenvalue weighted by Gasteiger charge is -2.05. The summed E-state index contributed by atoms with van der Waals surface area (Å²) in [5.74, 6) is -0.726. The van der Waals surface area contributed by atoms with Crippen LogP contribution in [0.2, 0.25) is 0 Å². The first-order valence-electron chi connectivity index (χ1n) is 5.36. The molecule has 0 unspecified atom stereocenters. The topological polar surface area (TPSA) is 88.0 Å². The Morgan fingerprint density at radius 3 is 3.06 bits per heavy atom. The van der Waals surface area contributed by atoms with Crippen LogP contribution in [-0.2, 0) is 6.42 Å². The molecule has 0 amide bonds. The molecule has 2 rings (SSSR count). The Labute approximate surface area is 108 Å². The molecule has 18 heavy (non-hydrogen) atoms. The summed E-state index contributed by atoms with van der Waals surface area (Å²) < 4.78 is 0. The first kappa shape index (κ1) is 12.4. The van der Waals surface area contributed by atoms with Crippen LogP contribution in [0.3, 0.4) is 0 Å². The van der Waals surface area contributed by atoms with Crippen molar-refractivity contribution in [1.29, 1.82) is 0 Å². The minimum Gasteiger partial charge on any atom is -0.478 e. The van der Waals surface area contributed by atoms with Crippen LogP contribution in [0.15, 0.2) is 17.6 Å². The number of carbonyl (C=O) groups is 1. The van der Waals surface area contributed by atoms with Gasteiger partial charge in [0.05, 0.1) is 11.2 Å². The molecule has 6 nitrogen and oxygen atoms in total. The highest BCUT2D eigenvalue weighted by molar-refractivity contribution is 7.09. The minimum absolute atomic E-state index is 0.125. The second kappa shape index (κ2) is 5.54. The second-order valence-corrected chi connectivity index (χ2v) is 4.60. The summed E-state index contributed by atoms with van der Waals surface area (Å²) in [6.07, 6.45) is 2.09. The van der Waals surface area contributed by atoms with Crippen LogP contribution in [0.5, 0.6) is 0 Å². The number of hydrogen-bond donors (Lipinski definition) is 2. The fourth-order valence-corrected chi connectivity index (χ4v) is 2.22. The Kier molecular flexibility index (Phi) is 3.83. The molecule has 2 heterocycles. The molecule has 0 aliphatic carbocycles. The number of nitrogens with one attached hydrogen (secondary N) is 1. The molecule has 0 saturated carbocycles. The van der Waals surface area contributed by atoms with Gasteiger partial charge in [-0.3, -0.25) is 0 Å². The van der Waals surface area contributed by atoms with Crippen LogP contribution < -0.4 is 5.32 Å². The van der Waals surface area contributed by atoms with Gasteiger partial charge in [0.25, 0.3) is 0 Å². The van der Waals surface area contributed by atoms with Crippen LogP contribution >= 0.6 is 11.3 Å². The van der Waals surface area contributed by atoms with E-state index in [0.717, 1.165) is 17.1 Å². The molecule has 0 aromatic carbocycles. The molecule has 0 atom stereocenters. The molecule has 0 bridgehead atoms. The van der Waals surface area contributed by atoms with E-state index < -0.39 is 5.97 Å². The highest BCUT2D eigenvalue weighted by Crippen LogP contribution is 2.12. The van der Waals surface area contributed by atoms with Crippen molar-refractivity contribution < 1.29 is 9.90 Å². The molecule has 7 heteroatoms. The predicted octanol–water partition coefficient (Wildman–Crippen LogP) is 1.59. The van der Waals surface area contributed by atoms with Crippen molar-refractivity contribution in [2.45, 2.75) is 13.3 Å². The quantitative estimate of drug-likeness (QED) is 0.852. The van der Waals surface area contributed by atoms with Gasteiger partial charge in [-0.2, -0.15) is 5.10 Å². The van der Waals surface area contributed by atoms with Crippen LogP contribution in [0.1, 0.15) is 21.1 Å². The van der Waals surface area contributed by atoms with E-state index >= 15 is 0 Å². The highest BCUT2D eigenvalue weighted by atomic mass is 32.1. The summed E-state index contributed by atoms with van der Waals surface area (Å²) in [5, 5.41) is 22.4. The number of carboxylic acid groups (broad SMARTS) is 1. The van der Waals surface area contributed by atoms with Crippen molar-refractivity contribution >= 4 is 23.1 Å². The highest BCUT2D eigenvalue weighted by Gasteiger charge is 2.10. The van der Waals surface area contributed by atoms with E-state index in [-0.39, 0.29) is 5.56 Å². The van der Waals surface area contributed by atoms with Crippen LogP contribution in [0.25, 0.3) is 0 Å².